The first kappa shape index (κ1) is 23.4. The summed E-state index contributed by atoms with van der Waals surface area (Å²) in [5, 5.41) is 0. The van der Waals surface area contributed by atoms with E-state index in [1.807, 2.05) is 39.0 Å². The highest BCUT2D eigenvalue weighted by Gasteiger charge is 2.46. The van der Waals surface area contributed by atoms with Gasteiger partial charge in [0.1, 0.15) is 5.60 Å². The minimum Gasteiger partial charge on any atom is -0.444 e. The first-order valence-corrected chi connectivity index (χ1v) is 10.6. The van der Waals surface area contributed by atoms with Crippen molar-refractivity contribution in [1.82, 2.24) is 14.7 Å². The lowest BCUT2D eigenvalue weighted by atomic mass is 10.0. The van der Waals surface area contributed by atoms with E-state index < -0.39 is 23.7 Å². The zero-order valence-corrected chi connectivity index (χ0v) is 18.2. The Labute approximate surface area is 180 Å². The second kappa shape index (κ2) is 9.06. The molecule has 1 aromatic rings. The maximum atomic E-state index is 12.9. The minimum atomic E-state index is -4.85. The summed E-state index contributed by atoms with van der Waals surface area (Å²) in [6, 6.07) is 6.91. The fourth-order valence-corrected chi connectivity index (χ4v) is 4.09. The number of ether oxygens (including phenoxy) is 1. The van der Waals surface area contributed by atoms with E-state index in [-0.39, 0.29) is 12.6 Å². The van der Waals surface area contributed by atoms with Gasteiger partial charge < -0.3 is 14.5 Å². The molecule has 0 aliphatic carbocycles. The van der Waals surface area contributed by atoms with Crippen molar-refractivity contribution in [2.45, 2.75) is 58.0 Å². The topological polar surface area (TPSA) is 53.1 Å². The molecule has 1 aromatic carbocycles. The molecular weight excluding hydrogens is 411 g/mol. The third-order valence-electron chi connectivity index (χ3n) is 5.52. The zero-order chi connectivity index (χ0) is 22.8. The highest BCUT2D eigenvalue weighted by molar-refractivity contribution is 5.82. The first-order chi connectivity index (χ1) is 14.4. The fraction of sp³-hybridized carbons (Fsp3) is 0.636. The predicted molar refractivity (Wildman–Crippen MR) is 109 cm³/mol. The Bertz CT molecular complexity index is 799. The molecule has 2 heterocycles. The molecule has 0 bridgehead atoms. The smallest absolute Gasteiger partial charge is 0.444 e. The van der Waals surface area contributed by atoms with E-state index in [1.54, 1.807) is 11.0 Å². The van der Waals surface area contributed by atoms with Crippen LogP contribution in [0.1, 0.15) is 50.8 Å². The van der Waals surface area contributed by atoms with Gasteiger partial charge in [-0.15, -0.1) is 0 Å². The number of halogens is 3. The van der Waals surface area contributed by atoms with Crippen molar-refractivity contribution in [3.05, 3.63) is 35.4 Å². The van der Waals surface area contributed by atoms with Gasteiger partial charge in [0.2, 0.25) is 0 Å². The standard InChI is InChI=1S/C22H30F3N3O3/c1-21(2,3)31-20(30)27-12-10-26(11-13-27)15-16-6-4-7-17(14-16)18-8-5-9-28(18)19(29)22(23,24)25/h4,6-7,14,18H,5,8-13,15H2,1-3H3. The van der Waals surface area contributed by atoms with Crippen LogP contribution in [0.5, 0.6) is 0 Å². The molecule has 2 aliphatic rings. The van der Waals surface area contributed by atoms with Crippen LogP contribution in [0.25, 0.3) is 0 Å². The highest BCUT2D eigenvalue weighted by atomic mass is 19.4. The molecule has 3 rings (SSSR count). The van der Waals surface area contributed by atoms with Gasteiger partial charge in [0.25, 0.3) is 0 Å². The summed E-state index contributed by atoms with van der Waals surface area (Å²) in [5.74, 6) is -1.77. The van der Waals surface area contributed by atoms with Crippen LogP contribution in [0.15, 0.2) is 24.3 Å². The third kappa shape index (κ3) is 6.12. The summed E-state index contributed by atoms with van der Waals surface area (Å²) < 4.78 is 44.2. The van der Waals surface area contributed by atoms with Crippen molar-refractivity contribution in [2.24, 2.45) is 0 Å². The Morgan fingerprint density at radius 2 is 1.74 bits per heavy atom. The van der Waals surface area contributed by atoms with Crippen LogP contribution in [-0.4, -0.2) is 71.2 Å². The SMILES string of the molecule is CC(C)(C)OC(=O)N1CCN(Cc2cccc(C3CCCN3C(=O)C(F)(F)F)c2)CC1. The number of amides is 2. The van der Waals surface area contributed by atoms with Crippen LogP contribution in [-0.2, 0) is 16.1 Å². The van der Waals surface area contributed by atoms with Crippen LogP contribution >= 0.6 is 0 Å². The normalized spacial score (nSPS) is 20.8. The number of alkyl halides is 3. The Morgan fingerprint density at radius 3 is 2.35 bits per heavy atom. The first-order valence-electron chi connectivity index (χ1n) is 10.6. The number of piperazine rings is 1. The number of carbonyl (C=O) groups excluding carboxylic acids is 2. The van der Waals surface area contributed by atoms with Gasteiger partial charge in [-0.05, 0) is 44.7 Å². The van der Waals surface area contributed by atoms with Gasteiger partial charge >= 0.3 is 18.2 Å². The quantitative estimate of drug-likeness (QED) is 0.713. The van der Waals surface area contributed by atoms with Crippen molar-refractivity contribution < 1.29 is 27.5 Å². The summed E-state index contributed by atoms with van der Waals surface area (Å²) in [5.41, 5.74) is 1.19. The van der Waals surface area contributed by atoms with Gasteiger partial charge in [0.05, 0.1) is 6.04 Å². The highest BCUT2D eigenvalue weighted by Crippen LogP contribution is 2.35. The van der Waals surface area contributed by atoms with Crippen LogP contribution in [0.4, 0.5) is 18.0 Å². The summed E-state index contributed by atoms with van der Waals surface area (Å²) >= 11 is 0. The molecule has 0 radical (unpaired) electrons. The van der Waals surface area contributed by atoms with E-state index in [0.29, 0.717) is 45.6 Å². The van der Waals surface area contributed by atoms with Gasteiger partial charge in [0, 0.05) is 39.3 Å². The fourth-order valence-electron chi connectivity index (χ4n) is 4.09. The van der Waals surface area contributed by atoms with Gasteiger partial charge in [-0.25, -0.2) is 4.79 Å². The Kier molecular flexibility index (Phi) is 6.83. The van der Waals surface area contributed by atoms with E-state index in [2.05, 4.69) is 4.90 Å². The molecule has 6 nitrogen and oxygen atoms in total. The molecule has 0 aromatic heterocycles. The molecule has 31 heavy (non-hydrogen) atoms. The summed E-state index contributed by atoms with van der Waals surface area (Å²) in [4.78, 5) is 28.8. The predicted octanol–water partition coefficient (Wildman–Crippen LogP) is 3.97. The number of nitrogens with zero attached hydrogens (tertiary/aromatic N) is 3. The molecule has 0 saturated carbocycles. The van der Waals surface area contributed by atoms with Gasteiger partial charge in [-0.3, -0.25) is 9.69 Å². The van der Waals surface area contributed by atoms with E-state index in [9.17, 15) is 22.8 Å². The van der Waals surface area contributed by atoms with Crippen molar-refractivity contribution >= 4 is 12.0 Å². The maximum Gasteiger partial charge on any atom is 0.471 e. The number of carbonyl (C=O) groups is 2. The van der Waals surface area contributed by atoms with E-state index >= 15 is 0 Å². The molecule has 172 valence electrons. The molecule has 2 amide bonds. The molecule has 0 N–H and O–H groups in total. The van der Waals surface area contributed by atoms with E-state index in [4.69, 9.17) is 4.74 Å². The molecule has 0 spiro atoms. The summed E-state index contributed by atoms with van der Waals surface area (Å²) in [7, 11) is 0. The van der Waals surface area contributed by atoms with E-state index in [0.717, 1.165) is 16.0 Å². The molecule has 1 atom stereocenters. The van der Waals surface area contributed by atoms with Crippen molar-refractivity contribution in [3.63, 3.8) is 0 Å². The number of hydrogen-bond acceptors (Lipinski definition) is 4. The minimum absolute atomic E-state index is 0.125. The molecular formula is C22H30F3N3O3. The number of rotatable bonds is 3. The van der Waals surface area contributed by atoms with Crippen molar-refractivity contribution in [1.29, 1.82) is 0 Å². The molecule has 2 fully saturated rings. The monoisotopic (exact) mass is 441 g/mol. The number of hydrogen-bond donors (Lipinski definition) is 0. The van der Waals surface area contributed by atoms with Crippen LogP contribution in [0.2, 0.25) is 0 Å². The third-order valence-corrected chi connectivity index (χ3v) is 5.52. The lowest BCUT2D eigenvalue weighted by Crippen LogP contribution is -2.49. The second-order valence-electron chi connectivity index (χ2n) is 9.14. The van der Waals surface area contributed by atoms with E-state index in [1.165, 1.54) is 0 Å². The van der Waals surface area contributed by atoms with Crippen molar-refractivity contribution in [3.8, 4) is 0 Å². The van der Waals surface area contributed by atoms with Gasteiger partial charge in [0.15, 0.2) is 0 Å². The zero-order valence-electron chi connectivity index (χ0n) is 18.2. The van der Waals surface area contributed by atoms with Crippen LogP contribution in [0, 0.1) is 0 Å². The average molecular weight is 441 g/mol. The summed E-state index contributed by atoms with van der Waals surface area (Å²) in [6.45, 7) is 8.76. The number of benzene rings is 1. The second-order valence-corrected chi connectivity index (χ2v) is 9.14. The summed E-state index contributed by atoms with van der Waals surface area (Å²) in [6.07, 6.45) is -4.08. The average Bonchev–Trinajstić information content (AvgIpc) is 3.15. The van der Waals surface area contributed by atoms with Crippen molar-refractivity contribution in [2.75, 3.05) is 32.7 Å². The molecule has 2 aliphatic heterocycles. The van der Waals surface area contributed by atoms with Crippen LogP contribution < -0.4 is 0 Å². The lowest BCUT2D eigenvalue weighted by molar-refractivity contribution is -0.186. The van der Waals surface area contributed by atoms with Crippen LogP contribution in [0.3, 0.4) is 0 Å². The largest absolute Gasteiger partial charge is 0.471 e. The molecule has 2 saturated heterocycles. The number of likely N-dealkylation sites (tertiary alicyclic amines) is 1. The Balaban J connectivity index is 1.59. The molecule has 9 heteroatoms. The Hall–Kier alpha value is -2.29. The maximum absolute atomic E-state index is 12.9. The lowest BCUT2D eigenvalue weighted by Gasteiger charge is -2.35. The van der Waals surface area contributed by atoms with Gasteiger partial charge in [-0.1, -0.05) is 24.3 Å². The molecule has 1 unspecified atom stereocenters. The van der Waals surface area contributed by atoms with Gasteiger partial charge in [-0.2, -0.15) is 13.2 Å². The Morgan fingerprint density at radius 1 is 1.06 bits per heavy atom.